The van der Waals surface area contributed by atoms with Gasteiger partial charge in [-0.3, -0.25) is 4.90 Å². The van der Waals surface area contributed by atoms with Gasteiger partial charge in [-0.2, -0.15) is 5.26 Å². The van der Waals surface area contributed by atoms with E-state index in [1.807, 2.05) is 36.4 Å². The molecule has 1 saturated heterocycles. The van der Waals surface area contributed by atoms with Crippen molar-refractivity contribution in [2.24, 2.45) is 0 Å². The van der Waals surface area contributed by atoms with Gasteiger partial charge in [0.05, 0.1) is 34.9 Å². The number of anilines is 3. The predicted octanol–water partition coefficient (Wildman–Crippen LogP) is 5.99. The van der Waals surface area contributed by atoms with Crippen molar-refractivity contribution in [2.45, 2.75) is 25.4 Å². The van der Waals surface area contributed by atoms with Crippen molar-refractivity contribution in [3.8, 4) is 28.6 Å². The molecule has 3 aromatic carbocycles. The van der Waals surface area contributed by atoms with E-state index in [0.29, 0.717) is 12.7 Å². The van der Waals surface area contributed by atoms with E-state index in [4.69, 9.17) is 15.2 Å². The largest absolute Gasteiger partial charge is 0.367 e. The molecule has 5 aromatic rings. The summed E-state index contributed by atoms with van der Waals surface area (Å²) in [6.07, 6.45) is 3.66. The zero-order chi connectivity index (χ0) is 27.6. The van der Waals surface area contributed by atoms with E-state index >= 15 is 0 Å². The zero-order valence-electron chi connectivity index (χ0n) is 22.5. The van der Waals surface area contributed by atoms with Crippen molar-refractivity contribution >= 4 is 28.2 Å². The minimum absolute atomic E-state index is 0. The van der Waals surface area contributed by atoms with Gasteiger partial charge in [0.2, 0.25) is 5.82 Å². The second-order valence-corrected chi connectivity index (χ2v) is 10.4. The van der Waals surface area contributed by atoms with Crippen LogP contribution in [0, 0.1) is 11.3 Å². The Morgan fingerprint density at radius 3 is 2.46 bits per heavy atom. The van der Waals surface area contributed by atoms with Crippen LogP contribution in [-0.4, -0.2) is 50.6 Å². The fourth-order valence-corrected chi connectivity index (χ4v) is 5.64. The molecule has 0 amide bonds. The van der Waals surface area contributed by atoms with E-state index < -0.39 is 0 Å². The van der Waals surface area contributed by atoms with Gasteiger partial charge in [0.1, 0.15) is 17.4 Å². The summed E-state index contributed by atoms with van der Waals surface area (Å²) in [6.45, 7) is 3.59. The molecule has 3 N–H and O–H groups in total. The maximum atomic E-state index is 9.04. The molecule has 9 nitrogen and oxygen atoms in total. The van der Waals surface area contributed by atoms with Gasteiger partial charge in [0.15, 0.2) is 0 Å². The number of benzene rings is 3. The lowest BCUT2D eigenvalue weighted by Gasteiger charge is -2.32. The Morgan fingerprint density at radius 2 is 1.66 bits per heavy atom. The summed E-state index contributed by atoms with van der Waals surface area (Å²) in [4.78, 5) is 21.0. The monoisotopic (exact) mass is 543 g/mol. The number of piperidine rings is 1. The highest BCUT2D eigenvalue weighted by Gasteiger charge is 2.21. The average Bonchev–Trinajstić information content (AvgIpc) is 3.52. The third-order valence-electron chi connectivity index (χ3n) is 7.76. The second kappa shape index (κ2) is 10.8. The summed E-state index contributed by atoms with van der Waals surface area (Å²) < 4.78 is 0. The number of nitrogens with zero attached hydrogens (tertiary/aromatic N) is 6. The highest BCUT2D eigenvalue weighted by Crippen LogP contribution is 2.37. The Balaban J connectivity index is 0.00000184. The topological polar surface area (TPSA) is 115 Å². The van der Waals surface area contributed by atoms with E-state index in [9.17, 15) is 0 Å². The normalized spacial score (nSPS) is 15.1. The van der Waals surface area contributed by atoms with Gasteiger partial charge in [-0.15, -0.1) is 0 Å². The Hall–Kier alpha value is -5.07. The molecule has 0 aliphatic carbocycles. The minimum Gasteiger partial charge on any atom is -0.367 e. The lowest BCUT2D eigenvalue weighted by molar-refractivity contribution is 0.211. The predicted molar refractivity (Wildman–Crippen MR) is 165 cm³/mol. The quantitative estimate of drug-likeness (QED) is 0.238. The maximum absolute atomic E-state index is 9.04. The first kappa shape index (κ1) is 24.9. The highest BCUT2D eigenvalue weighted by atomic mass is 15.2. The summed E-state index contributed by atoms with van der Waals surface area (Å²) >= 11 is 0. The van der Waals surface area contributed by atoms with Gasteiger partial charge in [-0.05, 0) is 36.6 Å². The number of fused-ring (bicyclic) bond motifs is 3. The Morgan fingerprint density at radius 1 is 0.878 bits per heavy atom. The van der Waals surface area contributed by atoms with Gasteiger partial charge in [0.25, 0.3) is 0 Å². The van der Waals surface area contributed by atoms with Crippen LogP contribution in [0.25, 0.3) is 33.5 Å². The molecular formula is C32H33N9. The third kappa shape index (κ3) is 5.13. The molecule has 2 aliphatic rings. The SMILES string of the molecule is N#Cc1nccc(NC2CCN(Cc3ccc(-c4nc5ccc6c(c5nc4-c4ccccc4)NCN6)cc3)CC2)n1.[HH].[HH]. The zero-order valence-corrected chi connectivity index (χ0v) is 22.5. The first-order valence-corrected chi connectivity index (χ1v) is 13.9. The summed E-state index contributed by atoms with van der Waals surface area (Å²) in [5.41, 5.74) is 8.98. The van der Waals surface area contributed by atoms with Gasteiger partial charge < -0.3 is 16.0 Å². The van der Waals surface area contributed by atoms with Crippen LogP contribution in [0.5, 0.6) is 0 Å². The number of rotatable bonds is 6. The molecule has 41 heavy (non-hydrogen) atoms. The van der Waals surface area contributed by atoms with Crippen molar-refractivity contribution in [1.82, 2.24) is 24.8 Å². The molecule has 7 rings (SSSR count). The van der Waals surface area contributed by atoms with Crippen LogP contribution in [-0.2, 0) is 6.54 Å². The second-order valence-electron chi connectivity index (χ2n) is 10.4. The van der Waals surface area contributed by atoms with E-state index in [1.54, 1.807) is 6.20 Å². The molecule has 0 saturated carbocycles. The van der Waals surface area contributed by atoms with Crippen molar-refractivity contribution in [3.63, 3.8) is 0 Å². The van der Waals surface area contributed by atoms with Crippen LogP contribution in [0.1, 0.15) is 27.1 Å². The van der Waals surface area contributed by atoms with Gasteiger partial charge in [-0.25, -0.2) is 19.9 Å². The van der Waals surface area contributed by atoms with E-state index in [1.165, 1.54) is 5.56 Å². The number of nitrogens with one attached hydrogen (secondary N) is 3. The standard InChI is InChI=1S/C32H29N9.2H2/c33-18-28-34-15-12-27(39-28)37-24-13-16-41(17-14-24)19-21-6-8-23(9-7-21)29-30(22-4-2-1-3-5-22)40-32-26(38-29)11-10-25-31(32)36-20-35-25;;/h1-12,15,24,35-36H,13-14,16-17,19-20H2,(H,34,37,39);2*1H. The molecule has 0 radical (unpaired) electrons. The fourth-order valence-electron chi connectivity index (χ4n) is 5.64. The maximum Gasteiger partial charge on any atom is 0.234 e. The molecule has 1 fully saturated rings. The van der Waals surface area contributed by atoms with Crippen molar-refractivity contribution in [2.75, 3.05) is 35.7 Å². The molecule has 0 unspecified atom stereocenters. The summed E-state index contributed by atoms with van der Waals surface area (Å²) in [6, 6.07) is 27.3. The van der Waals surface area contributed by atoms with Crippen LogP contribution in [0.2, 0.25) is 0 Å². The number of nitriles is 1. The van der Waals surface area contributed by atoms with Gasteiger partial charge >= 0.3 is 0 Å². The number of likely N-dealkylation sites (tertiary alicyclic amines) is 1. The number of hydrogen-bond donors (Lipinski definition) is 3. The molecule has 2 aromatic heterocycles. The third-order valence-corrected chi connectivity index (χ3v) is 7.76. The highest BCUT2D eigenvalue weighted by molar-refractivity contribution is 5.99. The summed E-state index contributed by atoms with van der Waals surface area (Å²) in [7, 11) is 0. The smallest absolute Gasteiger partial charge is 0.234 e. The van der Waals surface area contributed by atoms with Gasteiger partial charge in [0, 0.05) is 45.9 Å². The Bertz CT molecular complexity index is 1750. The molecule has 0 bridgehead atoms. The number of hydrogen-bond acceptors (Lipinski definition) is 9. The summed E-state index contributed by atoms with van der Waals surface area (Å²) in [5.74, 6) is 0.911. The average molecular weight is 544 g/mol. The van der Waals surface area contributed by atoms with Crippen molar-refractivity contribution < 1.29 is 2.85 Å². The summed E-state index contributed by atoms with van der Waals surface area (Å²) in [5, 5.41) is 19.3. The van der Waals surface area contributed by atoms with E-state index in [-0.39, 0.29) is 8.68 Å². The molecule has 2 aliphatic heterocycles. The molecule has 9 heteroatoms. The lowest BCUT2D eigenvalue weighted by Crippen LogP contribution is -2.38. The van der Waals surface area contributed by atoms with Crippen molar-refractivity contribution in [1.29, 1.82) is 5.26 Å². The molecule has 0 atom stereocenters. The van der Waals surface area contributed by atoms with Gasteiger partial charge in [-0.1, -0.05) is 54.6 Å². The fraction of sp³-hybridized carbons (Fsp3) is 0.219. The van der Waals surface area contributed by atoms with Crippen LogP contribution >= 0.6 is 0 Å². The van der Waals surface area contributed by atoms with Crippen LogP contribution in [0.4, 0.5) is 17.2 Å². The van der Waals surface area contributed by atoms with Crippen LogP contribution in [0.15, 0.2) is 79.0 Å². The lowest BCUT2D eigenvalue weighted by atomic mass is 10.0. The van der Waals surface area contributed by atoms with Crippen LogP contribution < -0.4 is 16.0 Å². The first-order valence-electron chi connectivity index (χ1n) is 13.9. The van der Waals surface area contributed by atoms with E-state index in [2.05, 4.69) is 73.3 Å². The van der Waals surface area contributed by atoms with Crippen LogP contribution in [0.3, 0.4) is 0 Å². The molecule has 0 spiro atoms. The number of aromatic nitrogens is 4. The molecule has 4 heterocycles. The van der Waals surface area contributed by atoms with E-state index in [0.717, 1.165) is 83.2 Å². The van der Waals surface area contributed by atoms with Crippen molar-refractivity contribution in [3.05, 3.63) is 90.4 Å². The molecule has 206 valence electrons. The Kier molecular flexibility index (Phi) is 6.59. The minimum atomic E-state index is 0. The molecular weight excluding hydrogens is 510 g/mol. The first-order chi connectivity index (χ1) is 20.2. The Labute approximate surface area is 241 Å².